The quantitative estimate of drug-likeness (QED) is 0.414. The minimum Gasteiger partial charge on any atom is -0.357 e. The topological polar surface area (TPSA) is 56.3 Å². The van der Waals surface area contributed by atoms with Crippen molar-refractivity contribution in [3.05, 3.63) is 53.9 Å². The minimum absolute atomic E-state index is 0. The molecule has 1 aromatic heterocycles. The van der Waals surface area contributed by atoms with E-state index in [1.165, 1.54) is 24.8 Å². The highest BCUT2D eigenvalue weighted by Gasteiger charge is 2.21. The van der Waals surface area contributed by atoms with Gasteiger partial charge >= 0.3 is 0 Å². The molecule has 1 aliphatic heterocycles. The van der Waals surface area contributed by atoms with Crippen molar-refractivity contribution >= 4 is 29.9 Å². The van der Waals surface area contributed by atoms with Crippen molar-refractivity contribution in [1.82, 2.24) is 20.4 Å². The van der Waals surface area contributed by atoms with Gasteiger partial charge in [-0.1, -0.05) is 30.3 Å². The number of guanidine groups is 1. The van der Waals surface area contributed by atoms with Crippen molar-refractivity contribution in [3.8, 4) is 0 Å². The van der Waals surface area contributed by atoms with Crippen LogP contribution in [0.15, 0.2) is 47.6 Å². The largest absolute Gasteiger partial charge is 0.357 e. The van der Waals surface area contributed by atoms with E-state index in [-0.39, 0.29) is 24.0 Å². The highest BCUT2D eigenvalue weighted by atomic mass is 127. The number of piperidine rings is 1. The molecule has 5 nitrogen and oxygen atoms in total. The molecule has 2 aromatic rings. The molecule has 1 aliphatic rings. The summed E-state index contributed by atoms with van der Waals surface area (Å²) in [6, 6.07) is 12.8. The molecule has 0 amide bonds. The van der Waals surface area contributed by atoms with Crippen LogP contribution in [0.3, 0.4) is 0 Å². The van der Waals surface area contributed by atoms with Crippen LogP contribution in [0, 0.1) is 5.92 Å². The minimum atomic E-state index is 0. The summed E-state index contributed by atoms with van der Waals surface area (Å²) >= 11 is 0. The third-order valence-corrected chi connectivity index (χ3v) is 4.57. The van der Waals surface area contributed by atoms with Gasteiger partial charge in [-0.3, -0.25) is 5.10 Å². The molecular weight excluding hydrogens is 425 g/mol. The Labute approximate surface area is 167 Å². The molecule has 25 heavy (non-hydrogen) atoms. The third-order valence-electron chi connectivity index (χ3n) is 4.57. The SMILES string of the molecule is CCNC(=NCc1ccn[nH]1)N1CCC(Cc2ccccc2)CC1.I. The summed E-state index contributed by atoms with van der Waals surface area (Å²) in [4.78, 5) is 7.14. The van der Waals surface area contributed by atoms with Gasteiger partial charge < -0.3 is 10.2 Å². The summed E-state index contributed by atoms with van der Waals surface area (Å²) < 4.78 is 0. The lowest BCUT2D eigenvalue weighted by molar-refractivity contribution is 0.259. The smallest absolute Gasteiger partial charge is 0.194 e. The van der Waals surface area contributed by atoms with E-state index < -0.39 is 0 Å². The molecule has 0 radical (unpaired) electrons. The predicted octanol–water partition coefficient (Wildman–Crippen LogP) is 3.45. The Bertz CT molecular complexity index is 619. The number of benzene rings is 1. The van der Waals surface area contributed by atoms with Crippen molar-refractivity contribution < 1.29 is 0 Å². The molecule has 1 fully saturated rings. The molecule has 0 bridgehead atoms. The van der Waals surface area contributed by atoms with Crippen molar-refractivity contribution in [2.45, 2.75) is 32.7 Å². The highest BCUT2D eigenvalue weighted by molar-refractivity contribution is 14.0. The molecule has 2 N–H and O–H groups in total. The number of aliphatic imine (C=N–C) groups is 1. The standard InChI is InChI=1S/C19H27N5.HI/c1-2-20-19(21-15-18-8-11-22-23-18)24-12-9-17(10-13-24)14-16-6-4-3-5-7-16;/h3-8,11,17H,2,9-10,12-15H2,1H3,(H,20,21)(H,22,23);1H. The second-order valence-electron chi connectivity index (χ2n) is 6.37. The lowest BCUT2D eigenvalue weighted by atomic mass is 9.90. The van der Waals surface area contributed by atoms with Crippen LogP contribution in [0.1, 0.15) is 31.0 Å². The van der Waals surface area contributed by atoms with E-state index in [0.29, 0.717) is 6.54 Å². The molecule has 0 aliphatic carbocycles. The third kappa shape index (κ3) is 6.02. The Kier molecular flexibility index (Phi) is 8.24. The van der Waals surface area contributed by atoms with E-state index in [9.17, 15) is 0 Å². The lowest BCUT2D eigenvalue weighted by Gasteiger charge is -2.34. The molecule has 2 heterocycles. The van der Waals surface area contributed by atoms with Crippen LogP contribution in [-0.4, -0.2) is 40.7 Å². The van der Waals surface area contributed by atoms with Gasteiger partial charge in [0.05, 0.1) is 12.2 Å². The summed E-state index contributed by atoms with van der Waals surface area (Å²) in [6.07, 6.45) is 5.41. The average Bonchev–Trinajstić information content (AvgIpc) is 3.14. The molecule has 6 heteroatoms. The summed E-state index contributed by atoms with van der Waals surface area (Å²) in [7, 11) is 0. The van der Waals surface area contributed by atoms with Crippen LogP contribution in [0.2, 0.25) is 0 Å². The molecule has 136 valence electrons. The normalized spacial score (nSPS) is 15.7. The molecule has 0 unspecified atom stereocenters. The number of aromatic amines is 1. The second-order valence-corrected chi connectivity index (χ2v) is 6.37. The van der Waals surface area contributed by atoms with Gasteiger partial charge in [-0.25, -0.2) is 4.99 Å². The fourth-order valence-corrected chi connectivity index (χ4v) is 3.25. The first-order valence-corrected chi connectivity index (χ1v) is 8.90. The van der Waals surface area contributed by atoms with E-state index in [4.69, 9.17) is 4.99 Å². The second kappa shape index (κ2) is 10.4. The number of H-pyrrole nitrogens is 1. The fraction of sp³-hybridized carbons (Fsp3) is 0.474. The molecule has 3 rings (SSSR count). The fourth-order valence-electron chi connectivity index (χ4n) is 3.25. The van der Waals surface area contributed by atoms with Gasteiger partial charge in [-0.15, -0.1) is 24.0 Å². The summed E-state index contributed by atoms with van der Waals surface area (Å²) in [5.74, 6) is 1.80. The van der Waals surface area contributed by atoms with Crippen LogP contribution in [0.4, 0.5) is 0 Å². The predicted molar refractivity (Wildman–Crippen MR) is 113 cm³/mol. The summed E-state index contributed by atoms with van der Waals surface area (Å²) in [5, 5.41) is 10.4. The van der Waals surface area contributed by atoms with Crippen LogP contribution in [0.25, 0.3) is 0 Å². The Morgan fingerprint density at radius 3 is 2.64 bits per heavy atom. The zero-order chi connectivity index (χ0) is 16.6. The first-order chi connectivity index (χ1) is 11.8. The van der Waals surface area contributed by atoms with Crippen LogP contribution >= 0.6 is 24.0 Å². The van der Waals surface area contributed by atoms with Crippen LogP contribution < -0.4 is 5.32 Å². The number of likely N-dealkylation sites (tertiary alicyclic amines) is 1. The number of aromatic nitrogens is 2. The molecule has 0 saturated carbocycles. The summed E-state index contributed by atoms with van der Waals surface area (Å²) in [6.45, 7) is 5.81. The molecule has 1 aromatic carbocycles. The first kappa shape index (κ1) is 19.8. The Morgan fingerprint density at radius 2 is 2.00 bits per heavy atom. The van der Waals surface area contributed by atoms with E-state index in [1.807, 2.05) is 6.07 Å². The van der Waals surface area contributed by atoms with E-state index in [2.05, 4.69) is 57.7 Å². The van der Waals surface area contributed by atoms with E-state index in [0.717, 1.165) is 37.2 Å². The zero-order valence-electron chi connectivity index (χ0n) is 14.8. The van der Waals surface area contributed by atoms with Crippen molar-refractivity contribution in [3.63, 3.8) is 0 Å². The first-order valence-electron chi connectivity index (χ1n) is 8.90. The van der Waals surface area contributed by atoms with Gasteiger partial charge in [0.2, 0.25) is 0 Å². The van der Waals surface area contributed by atoms with Crippen molar-refractivity contribution in [1.29, 1.82) is 0 Å². The van der Waals surface area contributed by atoms with Crippen molar-refractivity contribution in [2.75, 3.05) is 19.6 Å². The molecule has 0 atom stereocenters. The zero-order valence-corrected chi connectivity index (χ0v) is 17.1. The maximum atomic E-state index is 4.75. The van der Waals surface area contributed by atoms with E-state index in [1.54, 1.807) is 6.20 Å². The number of halogens is 1. The molecular formula is C19H28IN5. The number of nitrogens with one attached hydrogen (secondary N) is 2. The average molecular weight is 453 g/mol. The maximum Gasteiger partial charge on any atom is 0.194 e. The maximum absolute atomic E-state index is 4.75. The Hall–Kier alpha value is -1.57. The number of nitrogens with zero attached hydrogens (tertiary/aromatic N) is 3. The number of hydrogen-bond acceptors (Lipinski definition) is 2. The van der Waals surface area contributed by atoms with Gasteiger partial charge in [0.25, 0.3) is 0 Å². The van der Waals surface area contributed by atoms with Crippen LogP contribution in [-0.2, 0) is 13.0 Å². The Morgan fingerprint density at radius 1 is 1.24 bits per heavy atom. The molecule has 0 spiro atoms. The van der Waals surface area contributed by atoms with Gasteiger partial charge in [-0.2, -0.15) is 5.10 Å². The Balaban J connectivity index is 0.00000225. The highest BCUT2D eigenvalue weighted by Crippen LogP contribution is 2.21. The number of hydrogen-bond donors (Lipinski definition) is 2. The summed E-state index contributed by atoms with van der Waals surface area (Å²) in [5.41, 5.74) is 2.50. The van der Waals surface area contributed by atoms with Crippen molar-refractivity contribution in [2.24, 2.45) is 10.9 Å². The monoisotopic (exact) mass is 453 g/mol. The van der Waals surface area contributed by atoms with Gasteiger partial charge in [0, 0.05) is 25.8 Å². The lowest BCUT2D eigenvalue weighted by Crippen LogP contribution is -2.45. The number of rotatable bonds is 5. The van der Waals surface area contributed by atoms with Gasteiger partial charge in [0.1, 0.15) is 0 Å². The van der Waals surface area contributed by atoms with Crippen LogP contribution in [0.5, 0.6) is 0 Å². The molecule has 1 saturated heterocycles. The van der Waals surface area contributed by atoms with E-state index >= 15 is 0 Å². The van der Waals surface area contributed by atoms with Gasteiger partial charge in [0.15, 0.2) is 5.96 Å². The van der Waals surface area contributed by atoms with Gasteiger partial charge in [-0.05, 0) is 43.7 Å².